The topological polar surface area (TPSA) is 34.1 Å². The lowest BCUT2D eigenvalue weighted by atomic mass is 9.81. The normalized spacial score (nSPS) is 17.7. The average molecular weight is 653 g/mol. The van der Waals surface area contributed by atoms with Gasteiger partial charge in [-0.25, -0.2) is 0 Å². The highest BCUT2D eigenvalue weighted by molar-refractivity contribution is 6.29. The molecule has 1 aliphatic rings. The lowest BCUT2D eigenvalue weighted by Gasteiger charge is -2.20. The van der Waals surface area contributed by atoms with E-state index >= 15 is 0 Å². The molecular weight excluding hydrogens is 585 g/mol. The minimum absolute atomic E-state index is 0.00832. The number of ketones is 2. The number of allylic oxidation sites excluding steroid dienone is 20. The fourth-order valence-electron chi connectivity index (χ4n) is 5.94. The Morgan fingerprint density at radius 3 is 1.04 bits per heavy atom. The number of carbonyl (C=O) groups excluding carboxylic acids is 2. The Labute approximate surface area is 296 Å². The van der Waals surface area contributed by atoms with Crippen LogP contribution in [-0.2, 0) is 9.59 Å². The first-order valence-corrected chi connectivity index (χ1v) is 18.5. The molecule has 2 nitrogen and oxygen atoms in total. The Bertz CT molecular complexity index is 1400. The zero-order chi connectivity index (χ0) is 36.1. The summed E-state index contributed by atoms with van der Waals surface area (Å²) in [5.74, 6) is -0.0311. The maximum Gasteiger partial charge on any atom is 0.190 e. The van der Waals surface area contributed by atoms with Crippen LogP contribution in [0.4, 0.5) is 0 Å². The van der Waals surface area contributed by atoms with Gasteiger partial charge in [0.25, 0.3) is 0 Å². The van der Waals surface area contributed by atoms with Crippen molar-refractivity contribution in [3.63, 3.8) is 0 Å². The van der Waals surface area contributed by atoms with Gasteiger partial charge in [0.1, 0.15) is 0 Å². The molecule has 0 spiro atoms. The summed E-state index contributed by atoms with van der Waals surface area (Å²) < 4.78 is 0. The van der Waals surface area contributed by atoms with E-state index in [1.165, 1.54) is 51.9 Å². The SMILES string of the molecule is C/C=C1/C(=O)C(C)=C(C/C=C(\C)CC/C=C(\C)CC/C=C(\C)CC/C=C(\C)CC/C=C(\C)CC/C=C(\C)CCC=C(C)C)C(=O)/C1=C/C. The first-order valence-electron chi connectivity index (χ1n) is 18.5. The van der Waals surface area contributed by atoms with Crippen molar-refractivity contribution in [1.29, 1.82) is 0 Å². The van der Waals surface area contributed by atoms with Crippen LogP contribution >= 0.6 is 0 Å². The third-order valence-corrected chi connectivity index (χ3v) is 9.33. The molecule has 2 heteroatoms. The molecule has 0 saturated heterocycles. The van der Waals surface area contributed by atoms with E-state index in [9.17, 15) is 9.59 Å². The van der Waals surface area contributed by atoms with Crippen LogP contribution in [0.1, 0.15) is 160 Å². The van der Waals surface area contributed by atoms with Gasteiger partial charge in [-0.2, -0.15) is 0 Å². The summed E-state index contributed by atoms with van der Waals surface area (Å²) in [4.78, 5) is 25.7. The van der Waals surface area contributed by atoms with E-state index < -0.39 is 0 Å². The quantitative estimate of drug-likeness (QED) is 0.0968. The fourth-order valence-corrected chi connectivity index (χ4v) is 5.94. The van der Waals surface area contributed by atoms with Crippen LogP contribution in [0, 0.1) is 0 Å². The van der Waals surface area contributed by atoms with E-state index in [4.69, 9.17) is 0 Å². The predicted octanol–water partition coefficient (Wildman–Crippen LogP) is 14.1. The molecule has 1 aliphatic carbocycles. The van der Waals surface area contributed by atoms with Gasteiger partial charge in [-0.15, -0.1) is 0 Å². The van der Waals surface area contributed by atoms with E-state index in [0.29, 0.717) is 28.7 Å². The molecule has 0 bridgehead atoms. The molecular formula is C46H68O2. The molecule has 0 unspecified atom stereocenters. The number of carbonyl (C=O) groups is 2. The molecule has 0 fully saturated rings. The smallest absolute Gasteiger partial charge is 0.190 e. The van der Waals surface area contributed by atoms with Crippen LogP contribution < -0.4 is 0 Å². The van der Waals surface area contributed by atoms with Gasteiger partial charge in [0, 0.05) is 22.3 Å². The van der Waals surface area contributed by atoms with Crippen LogP contribution in [0.3, 0.4) is 0 Å². The third kappa shape index (κ3) is 17.2. The van der Waals surface area contributed by atoms with Gasteiger partial charge in [0.15, 0.2) is 11.6 Å². The molecule has 1 rings (SSSR count). The summed E-state index contributed by atoms with van der Waals surface area (Å²) in [6.45, 7) is 23.2. The van der Waals surface area contributed by atoms with Crippen molar-refractivity contribution in [2.24, 2.45) is 0 Å². The highest BCUT2D eigenvalue weighted by Gasteiger charge is 2.30. The maximum absolute atomic E-state index is 13.0. The molecule has 0 aromatic carbocycles. The summed E-state index contributed by atoms with van der Waals surface area (Å²) in [5.41, 5.74) is 12.4. The van der Waals surface area contributed by atoms with Crippen LogP contribution in [0.2, 0.25) is 0 Å². The predicted molar refractivity (Wildman–Crippen MR) is 212 cm³/mol. The molecule has 0 aliphatic heterocycles. The van der Waals surface area contributed by atoms with Crippen molar-refractivity contribution in [3.05, 3.63) is 116 Å². The van der Waals surface area contributed by atoms with Crippen LogP contribution in [0.25, 0.3) is 0 Å². The van der Waals surface area contributed by atoms with E-state index in [-0.39, 0.29) is 11.6 Å². The summed E-state index contributed by atoms with van der Waals surface area (Å²) in [7, 11) is 0. The molecule has 0 atom stereocenters. The molecule has 0 amide bonds. The summed E-state index contributed by atoms with van der Waals surface area (Å²) >= 11 is 0. The zero-order valence-corrected chi connectivity index (χ0v) is 32.7. The second kappa shape index (κ2) is 24.0. The van der Waals surface area contributed by atoms with Crippen LogP contribution in [0.15, 0.2) is 116 Å². The first kappa shape index (κ1) is 42.8. The largest absolute Gasteiger partial charge is 0.289 e. The lowest BCUT2D eigenvalue weighted by molar-refractivity contribution is -0.116. The summed E-state index contributed by atoms with van der Waals surface area (Å²) in [6, 6.07) is 0. The van der Waals surface area contributed by atoms with Gasteiger partial charge in [0.05, 0.1) is 0 Å². The molecule has 0 aromatic heterocycles. The third-order valence-electron chi connectivity index (χ3n) is 9.33. The Hall–Kier alpha value is -3.26. The number of hydrogen-bond donors (Lipinski definition) is 0. The standard InChI is InChI=1S/C46H68O2/c1-12-42-43(13-2)46(48)44(41(11)45(42)47)33-32-40(10)31-19-30-39(9)29-18-28-38(8)27-17-26-37(7)25-16-24-36(6)23-15-22-35(5)21-14-20-34(3)4/h12-13,20,22,24,26,28,30,32H,14-19,21,23,25,27,29,31,33H2,1-11H3/b35-22+,36-24+,37-26+,38-28+,39-30+,40-32+,42-12+,43-13+. The summed E-state index contributed by atoms with van der Waals surface area (Å²) in [6.07, 6.45) is 33.9. The average Bonchev–Trinajstić information content (AvgIpc) is 3.02. The van der Waals surface area contributed by atoms with Gasteiger partial charge in [0.2, 0.25) is 0 Å². The van der Waals surface area contributed by atoms with Crippen molar-refractivity contribution >= 4 is 11.6 Å². The molecule has 0 aromatic rings. The second-order valence-electron chi connectivity index (χ2n) is 14.2. The molecule has 48 heavy (non-hydrogen) atoms. The first-order chi connectivity index (χ1) is 22.8. The van der Waals surface area contributed by atoms with Crippen LogP contribution in [0.5, 0.6) is 0 Å². The van der Waals surface area contributed by atoms with E-state index in [1.807, 2.05) is 13.8 Å². The Kier molecular flexibility index (Phi) is 21.4. The van der Waals surface area contributed by atoms with Crippen molar-refractivity contribution in [2.75, 3.05) is 0 Å². The van der Waals surface area contributed by atoms with Gasteiger partial charge in [-0.1, -0.05) is 93.7 Å². The monoisotopic (exact) mass is 653 g/mol. The Morgan fingerprint density at radius 2 is 0.729 bits per heavy atom. The highest BCUT2D eigenvalue weighted by atomic mass is 16.1. The fraction of sp³-hybridized carbons (Fsp3) is 0.522. The van der Waals surface area contributed by atoms with Crippen molar-refractivity contribution < 1.29 is 9.59 Å². The van der Waals surface area contributed by atoms with E-state index in [2.05, 4.69) is 97.9 Å². The van der Waals surface area contributed by atoms with E-state index in [0.717, 1.165) is 64.2 Å². The Balaban J connectivity index is 2.39. The van der Waals surface area contributed by atoms with Crippen molar-refractivity contribution in [2.45, 2.75) is 160 Å². The number of hydrogen-bond acceptors (Lipinski definition) is 2. The Morgan fingerprint density at radius 1 is 0.438 bits per heavy atom. The minimum atomic E-state index is -0.0228. The molecule has 264 valence electrons. The molecule has 0 radical (unpaired) electrons. The number of Topliss-reactive ketones (excluding diaryl/α,β-unsaturated/α-hetero) is 2. The van der Waals surface area contributed by atoms with Crippen molar-refractivity contribution in [1.82, 2.24) is 0 Å². The highest BCUT2D eigenvalue weighted by Crippen LogP contribution is 2.30. The lowest BCUT2D eigenvalue weighted by Crippen LogP contribution is -2.23. The van der Waals surface area contributed by atoms with E-state index in [1.54, 1.807) is 19.1 Å². The molecule has 0 saturated carbocycles. The minimum Gasteiger partial charge on any atom is -0.289 e. The maximum atomic E-state index is 13.0. The summed E-state index contributed by atoms with van der Waals surface area (Å²) in [5, 5.41) is 0. The van der Waals surface area contributed by atoms with Gasteiger partial charge >= 0.3 is 0 Å². The van der Waals surface area contributed by atoms with Gasteiger partial charge in [-0.3, -0.25) is 9.59 Å². The molecule has 0 N–H and O–H groups in total. The number of rotatable bonds is 20. The zero-order valence-electron chi connectivity index (χ0n) is 32.7. The second-order valence-corrected chi connectivity index (χ2v) is 14.2. The molecule has 0 heterocycles. The van der Waals surface area contributed by atoms with Gasteiger partial charge < -0.3 is 0 Å². The van der Waals surface area contributed by atoms with Crippen LogP contribution in [-0.4, -0.2) is 11.6 Å². The van der Waals surface area contributed by atoms with Gasteiger partial charge in [-0.05, 0) is 160 Å². The van der Waals surface area contributed by atoms with Crippen molar-refractivity contribution in [3.8, 4) is 0 Å².